The number of nitrogens with one attached hydrogen (secondary N) is 1. The van der Waals surface area contributed by atoms with Crippen molar-refractivity contribution in [1.29, 1.82) is 0 Å². The predicted octanol–water partition coefficient (Wildman–Crippen LogP) is -0.377. The zero-order chi connectivity index (χ0) is 15.9. The van der Waals surface area contributed by atoms with Gasteiger partial charge < -0.3 is 10.5 Å². The molecule has 0 saturated carbocycles. The predicted molar refractivity (Wildman–Crippen MR) is 79.9 cm³/mol. The van der Waals surface area contributed by atoms with Crippen LogP contribution < -0.4 is 16.7 Å². The summed E-state index contributed by atoms with van der Waals surface area (Å²) in [5.74, 6) is -0.375. The summed E-state index contributed by atoms with van der Waals surface area (Å²) in [6.45, 7) is 0. The summed E-state index contributed by atoms with van der Waals surface area (Å²) in [4.78, 5) is 28.1. The molecule has 8 nitrogen and oxygen atoms in total. The largest absolute Gasteiger partial charge is 0.494 e. The molecule has 1 atom stereocenters. The fourth-order valence-corrected chi connectivity index (χ4v) is 2.46. The number of hydrazone groups is 1. The van der Waals surface area contributed by atoms with Crippen LogP contribution in [0.4, 0.5) is 0 Å². The Bertz CT molecular complexity index is 867. The first kappa shape index (κ1) is 14.1. The van der Waals surface area contributed by atoms with E-state index in [0.29, 0.717) is 12.1 Å². The molecule has 1 aliphatic heterocycles. The third-order valence-corrected chi connectivity index (χ3v) is 3.76. The van der Waals surface area contributed by atoms with Crippen LogP contribution in [0.3, 0.4) is 0 Å². The molecule has 0 aliphatic carbocycles. The van der Waals surface area contributed by atoms with Gasteiger partial charge in [-0.15, -0.1) is 0 Å². The van der Waals surface area contributed by atoms with Gasteiger partial charge in [0.2, 0.25) is 5.88 Å². The molecule has 2 N–H and O–H groups in total. The molecule has 0 saturated heterocycles. The van der Waals surface area contributed by atoms with Crippen LogP contribution in [0.2, 0.25) is 0 Å². The molecule has 0 bridgehead atoms. The first-order chi connectivity index (χ1) is 10.5. The molecule has 3 heterocycles. The number of nitrogens with zero attached hydrogens (tertiary/aromatic N) is 4. The Morgan fingerprint density at radius 2 is 2.09 bits per heavy atom. The summed E-state index contributed by atoms with van der Waals surface area (Å²) in [6.07, 6.45) is 3.82. The lowest BCUT2D eigenvalue weighted by molar-refractivity contribution is 0.410. The van der Waals surface area contributed by atoms with Crippen molar-refractivity contribution in [1.82, 2.24) is 19.5 Å². The highest BCUT2D eigenvalue weighted by Gasteiger charge is 2.27. The van der Waals surface area contributed by atoms with E-state index >= 15 is 0 Å². The van der Waals surface area contributed by atoms with Crippen LogP contribution in [0.25, 0.3) is 0 Å². The average Bonchev–Trinajstić information content (AvgIpc) is 3.02. The summed E-state index contributed by atoms with van der Waals surface area (Å²) in [5.41, 5.74) is 3.18. The van der Waals surface area contributed by atoms with Gasteiger partial charge in [-0.05, 0) is 11.6 Å². The molecule has 0 spiro atoms. The fraction of sp³-hybridized carbons (Fsp3) is 0.286. The van der Waals surface area contributed by atoms with Gasteiger partial charge in [0, 0.05) is 32.9 Å². The number of rotatable bonds is 2. The molecule has 0 unspecified atom stereocenters. The molecule has 2 aromatic rings. The maximum absolute atomic E-state index is 12.3. The number of aromatic hydroxyl groups is 1. The van der Waals surface area contributed by atoms with Crippen LogP contribution in [0.5, 0.6) is 5.88 Å². The van der Waals surface area contributed by atoms with Gasteiger partial charge in [-0.1, -0.05) is 6.07 Å². The van der Waals surface area contributed by atoms with E-state index in [4.69, 9.17) is 0 Å². The van der Waals surface area contributed by atoms with Crippen molar-refractivity contribution in [3.63, 3.8) is 0 Å². The minimum atomic E-state index is -0.582. The molecule has 0 radical (unpaired) electrons. The van der Waals surface area contributed by atoms with Crippen LogP contribution in [-0.2, 0) is 14.1 Å². The van der Waals surface area contributed by atoms with E-state index in [0.717, 1.165) is 14.7 Å². The number of aromatic nitrogens is 3. The van der Waals surface area contributed by atoms with Crippen LogP contribution in [0.15, 0.2) is 39.2 Å². The fourth-order valence-electron chi connectivity index (χ4n) is 2.46. The van der Waals surface area contributed by atoms with E-state index in [1.165, 1.54) is 14.1 Å². The first-order valence-corrected chi connectivity index (χ1v) is 6.72. The van der Waals surface area contributed by atoms with Crippen LogP contribution in [0, 0.1) is 0 Å². The van der Waals surface area contributed by atoms with Gasteiger partial charge >= 0.3 is 5.69 Å². The van der Waals surface area contributed by atoms with Crippen molar-refractivity contribution >= 4 is 5.71 Å². The maximum atomic E-state index is 12.3. The number of pyridine rings is 1. The van der Waals surface area contributed by atoms with E-state index in [1.807, 2.05) is 12.1 Å². The Hall–Kier alpha value is -2.90. The molecule has 0 fully saturated rings. The highest BCUT2D eigenvalue weighted by molar-refractivity contribution is 6.03. The minimum Gasteiger partial charge on any atom is -0.494 e. The lowest BCUT2D eigenvalue weighted by Gasteiger charge is -2.11. The molecular weight excluding hydrogens is 286 g/mol. The molecule has 114 valence electrons. The summed E-state index contributed by atoms with van der Waals surface area (Å²) in [7, 11) is 2.78. The van der Waals surface area contributed by atoms with Gasteiger partial charge in [-0.25, -0.2) is 4.79 Å². The second-order valence-corrected chi connectivity index (χ2v) is 5.14. The van der Waals surface area contributed by atoms with Crippen LogP contribution in [0.1, 0.15) is 23.6 Å². The van der Waals surface area contributed by atoms with E-state index in [1.54, 1.807) is 12.4 Å². The average molecular weight is 301 g/mol. The van der Waals surface area contributed by atoms with E-state index in [2.05, 4.69) is 15.5 Å². The van der Waals surface area contributed by atoms with E-state index in [9.17, 15) is 14.7 Å². The summed E-state index contributed by atoms with van der Waals surface area (Å²) in [5, 5.41) is 14.3. The smallest absolute Gasteiger partial charge is 0.333 e. The van der Waals surface area contributed by atoms with Gasteiger partial charge in [0.1, 0.15) is 5.56 Å². The summed E-state index contributed by atoms with van der Waals surface area (Å²) in [6, 6.07) is 3.60. The molecule has 0 aromatic carbocycles. The number of hydrogen-bond donors (Lipinski definition) is 2. The molecular formula is C14H15N5O3. The van der Waals surface area contributed by atoms with Crippen LogP contribution in [-0.4, -0.2) is 24.9 Å². The Kier molecular flexibility index (Phi) is 3.28. The molecule has 22 heavy (non-hydrogen) atoms. The summed E-state index contributed by atoms with van der Waals surface area (Å²) >= 11 is 0. The van der Waals surface area contributed by atoms with Crippen molar-refractivity contribution in [2.45, 2.75) is 12.5 Å². The van der Waals surface area contributed by atoms with E-state index in [-0.39, 0.29) is 17.5 Å². The number of hydrogen-bond acceptors (Lipinski definition) is 6. The maximum Gasteiger partial charge on any atom is 0.333 e. The lowest BCUT2D eigenvalue weighted by Crippen LogP contribution is -2.39. The Morgan fingerprint density at radius 1 is 1.32 bits per heavy atom. The summed E-state index contributed by atoms with van der Waals surface area (Å²) < 4.78 is 1.98. The van der Waals surface area contributed by atoms with E-state index < -0.39 is 11.2 Å². The molecule has 8 heteroatoms. The minimum absolute atomic E-state index is 0.0449. The van der Waals surface area contributed by atoms with Crippen molar-refractivity contribution < 1.29 is 5.11 Å². The van der Waals surface area contributed by atoms with Gasteiger partial charge in [-0.2, -0.15) is 5.10 Å². The quantitative estimate of drug-likeness (QED) is 0.787. The van der Waals surface area contributed by atoms with Crippen molar-refractivity contribution in [3.8, 4) is 5.88 Å². The highest BCUT2D eigenvalue weighted by Crippen LogP contribution is 2.25. The molecule has 1 aliphatic rings. The first-order valence-electron chi connectivity index (χ1n) is 6.72. The Balaban J connectivity index is 2.01. The normalized spacial score (nSPS) is 17.2. The third kappa shape index (κ3) is 2.09. The van der Waals surface area contributed by atoms with Crippen LogP contribution >= 0.6 is 0 Å². The monoisotopic (exact) mass is 301 g/mol. The van der Waals surface area contributed by atoms with Crippen molar-refractivity contribution in [2.75, 3.05) is 0 Å². The topological polar surface area (TPSA) is 102 Å². The Morgan fingerprint density at radius 3 is 2.77 bits per heavy atom. The van der Waals surface area contributed by atoms with Crippen molar-refractivity contribution in [3.05, 3.63) is 56.5 Å². The zero-order valence-corrected chi connectivity index (χ0v) is 12.1. The third-order valence-electron chi connectivity index (χ3n) is 3.76. The van der Waals surface area contributed by atoms with Crippen molar-refractivity contribution in [2.24, 2.45) is 19.2 Å². The molecule has 2 aromatic heterocycles. The molecule has 0 amide bonds. The SMILES string of the molecule is Cn1c(O)c(C2=NN[C@@H](c3cccnc3)C2)c(=O)n(C)c1=O. The lowest BCUT2D eigenvalue weighted by atomic mass is 10.0. The zero-order valence-electron chi connectivity index (χ0n) is 12.1. The second kappa shape index (κ2) is 5.14. The Labute approximate surface area is 125 Å². The highest BCUT2D eigenvalue weighted by atomic mass is 16.3. The molecule has 3 rings (SSSR count). The van der Waals surface area contributed by atoms with Gasteiger partial charge in [0.15, 0.2) is 0 Å². The second-order valence-electron chi connectivity index (χ2n) is 5.14. The standard InChI is InChI=1S/C14H15N5O3/c1-18-12(20)11(13(21)19(2)14(18)22)10-6-9(16-17-10)8-4-3-5-15-7-8/h3-5,7,9,16,20H,6H2,1-2H3/t9-/m1/s1. The van der Waals surface area contributed by atoms with Gasteiger partial charge in [0.25, 0.3) is 5.56 Å². The van der Waals surface area contributed by atoms with Gasteiger partial charge in [-0.3, -0.25) is 18.9 Å². The van der Waals surface area contributed by atoms with Gasteiger partial charge in [0.05, 0.1) is 11.8 Å².